The summed E-state index contributed by atoms with van der Waals surface area (Å²) in [4.78, 5) is 5.49. The Bertz CT molecular complexity index is 654. The average molecular weight is 298 g/mol. The molecule has 0 bridgehead atoms. The lowest BCUT2D eigenvalue weighted by Crippen LogP contribution is -2.17. The lowest BCUT2D eigenvalue weighted by molar-refractivity contribution is 0.449. The molecule has 1 aliphatic carbocycles. The van der Waals surface area contributed by atoms with Crippen molar-refractivity contribution in [2.24, 2.45) is 5.73 Å². The van der Waals surface area contributed by atoms with Gasteiger partial charge in [-0.2, -0.15) is 0 Å². The number of benzene rings is 1. The summed E-state index contributed by atoms with van der Waals surface area (Å²) >= 11 is 1.34. The summed E-state index contributed by atoms with van der Waals surface area (Å²) in [6, 6.07) is 2.16. The Hall–Kier alpha value is -1.40. The highest BCUT2D eigenvalue weighted by atomic mass is 32.1. The number of aromatic nitrogens is 1. The van der Waals surface area contributed by atoms with Gasteiger partial charge in [-0.15, -0.1) is 11.3 Å². The van der Waals surface area contributed by atoms with Gasteiger partial charge in [-0.05, 0) is 31.4 Å². The van der Waals surface area contributed by atoms with Gasteiger partial charge in [-0.1, -0.05) is 0 Å². The predicted molar refractivity (Wildman–Crippen MR) is 72.2 cm³/mol. The lowest BCUT2D eigenvalue weighted by Gasteiger charge is -2.18. The number of hydrogen-bond acceptors (Lipinski definition) is 3. The number of halogens is 3. The number of thiazole rings is 1. The topological polar surface area (TPSA) is 38.9 Å². The number of fused-ring (bicyclic) bond motifs is 1. The summed E-state index contributed by atoms with van der Waals surface area (Å²) in [5.41, 5.74) is 6.63. The van der Waals surface area contributed by atoms with Crippen LogP contribution in [0.5, 0.6) is 0 Å². The largest absolute Gasteiger partial charge is 0.330 e. The molecule has 2 N–H and O–H groups in total. The van der Waals surface area contributed by atoms with Crippen LogP contribution in [0, 0.1) is 17.5 Å². The molecule has 1 unspecified atom stereocenters. The van der Waals surface area contributed by atoms with Crippen molar-refractivity contribution in [3.05, 3.63) is 40.2 Å². The first-order valence-corrected chi connectivity index (χ1v) is 7.27. The van der Waals surface area contributed by atoms with Crippen molar-refractivity contribution in [3.8, 4) is 10.6 Å². The van der Waals surface area contributed by atoms with Crippen LogP contribution in [0.1, 0.15) is 29.3 Å². The van der Waals surface area contributed by atoms with Gasteiger partial charge >= 0.3 is 0 Å². The normalized spacial score (nSPS) is 18.1. The standard InChI is InChI=1S/C14H13F3N2S/c15-9-5-4-8(11(16)12(9)17)14-19-13-7(6-18)2-1-3-10(13)20-14/h4-5,7H,1-3,6,18H2. The van der Waals surface area contributed by atoms with Crippen LogP contribution in [0.2, 0.25) is 0 Å². The van der Waals surface area contributed by atoms with Gasteiger partial charge in [0.2, 0.25) is 0 Å². The lowest BCUT2D eigenvalue weighted by atomic mass is 9.91. The SMILES string of the molecule is NCC1CCCc2sc(-c3ccc(F)c(F)c3F)nc21. The third-order valence-corrected chi connectivity index (χ3v) is 4.79. The molecule has 1 heterocycles. The molecular formula is C14H13F3N2S. The summed E-state index contributed by atoms with van der Waals surface area (Å²) in [5, 5.41) is 0.395. The molecule has 3 rings (SSSR count). The van der Waals surface area contributed by atoms with Gasteiger partial charge in [-0.3, -0.25) is 0 Å². The maximum atomic E-state index is 13.8. The highest BCUT2D eigenvalue weighted by Gasteiger charge is 2.25. The molecule has 1 aliphatic rings. The Morgan fingerprint density at radius 1 is 1.25 bits per heavy atom. The molecule has 20 heavy (non-hydrogen) atoms. The van der Waals surface area contributed by atoms with Crippen LogP contribution >= 0.6 is 11.3 Å². The van der Waals surface area contributed by atoms with Crippen molar-refractivity contribution in [2.45, 2.75) is 25.2 Å². The minimum Gasteiger partial charge on any atom is -0.330 e. The van der Waals surface area contributed by atoms with E-state index in [2.05, 4.69) is 4.98 Å². The van der Waals surface area contributed by atoms with E-state index >= 15 is 0 Å². The van der Waals surface area contributed by atoms with E-state index in [0.29, 0.717) is 11.6 Å². The van der Waals surface area contributed by atoms with Crippen molar-refractivity contribution in [1.82, 2.24) is 4.98 Å². The molecule has 106 valence electrons. The van der Waals surface area contributed by atoms with E-state index in [4.69, 9.17) is 5.73 Å². The van der Waals surface area contributed by atoms with Crippen molar-refractivity contribution >= 4 is 11.3 Å². The third kappa shape index (κ3) is 2.13. The Morgan fingerprint density at radius 3 is 2.80 bits per heavy atom. The molecule has 0 fully saturated rings. The van der Waals surface area contributed by atoms with Crippen LogP contribution in [0.3, 0.4) is 0 Å². The van der Waals surface area contributed by atoms with Gasteiger partial charge < -0.3 is 5.73 Å². The Morgan fingerprint density at radius 2 is 2.05 bits per heavy atom. The van der Waals surface area contributed by atoms with Crippen LogP contribution < -0.4 is 5.73 Å². The predicted octanol–water partition coefficient (Wildman–Crippen LogP) is 3.61. The molecule has 2 aromatic rings. The van der Waals surface area contributed by atoms with E-state index in [1.165, 1.54) is 17.4 Å². The summed E-state index contributed by atoms with van der Waals surface area (Å²) in [7, 11) is 0. The van der Waals surface area contributed by atoms with E-state index in [9.17, 15) is 13.2 Å². The van der Waals surface area contributed by atoms with E-state index < -0.39 is 17.5 Å². The van der Waals surface area contributed by atoms with Crippen molar-refractivity contribution < 1.29 is 13.2 Å². The fourth-order valence-corrected chi connectivity index (χ4v) is 3.75. The van der Waals surface area contributed by atoms with E-state index in [0.717, 1.165) is 35.9 Å². The first kappa shape index (κ1) is 13.6. The van der Waals surface area contributed by atoms with Crippen LogP contribution in [0.15, 0.2) is 12.1 Å². The number of hydrogen-bond donors (Lipinski definition) is 1. The van der Waals surface area contributed by atoms with Gasteiger partial charge in [0.25, 0.3) is 0 Å². The fourth-order valence-electron chi connectivity index (χ4n) is 2.54. The minimum absolute atomic E-state index is 0.0130. The van der Waals surface area contributed by atoms with Crippen LogP contribution in [0.25, 0.3) is 10.6 Å². The minimum atomic E-state index is -1.45. The first-order valence-electron chi connectivity index (χ1n) is 6.45. The zero-order valence-electron chi connectivity index (χ0n) is 10.6. The van der Waals surface area contributed by atoms with Gasteiger partial charge in [-0.25, -0.2) is 18.2 Å². The molecule has 0 saturated heterocycles. The molecule has 0 aliphatic heterocycles. The zero-order chi connectivity index (χ0) is 14.3. The highest BCUT2D eigenvalue weighted by Crippen LogP contribution is 2.38. The average Bonchev–Trinajstić information content (AvgIpc) is 2.88. The molecule has 0 saturated carbocycles. The van der Waals surface area contributed by atoms with E-state index in [1.54, 1.807) is 0 Å². The van der Waals surface area contributed by atoms with Crippen LogP contribution in [-0.2, 0) is 6.42 Å². The second-order valence-electron chi connectivity index (χ2n) is 4.88. The van der Waals surface area contributed by atoms with Gasteiger partial charge in [0.05, 0.1) is 5.69 Å². The molecule has 0 spiro atoms. The van der Waals surface area contributed by atoms with Gasteiger partial charge in [0.15, 0.2) is 17.5 Å². The molecule has 0 radical (unpaired) electrons. The summed E-state index contributed by atoms with van der Waals surface area (Å²) < 4.78 is 40.1. The monoisotopic (exact) mass is 298 g/mol. The molecular weight excluding hydrogens is 285 g/mol. The number of aryl methyl sites for hydroxylation is 1. The van der Waals surface area contributed by atoms with Gasteiger partial charge in [0, 0.05) is 22.9 Å². The molecule has 2 nitrogen and oxygen atoms in total. The summed E-state index contributed by atoms with van der Waals surface area (Å²) in [6.45, 7) is 0.496. The van der Waals surface area contributed by atoms with Crippen molar-refractivity contribution in [3.63, 3.8) is 0 Å². The molecule has 6 heteroatoms. The molecule has 1 aromatic heterocycles. The maximum absolute atomic E-state index is 13.8. The molecule has 1 aromatic carbocycles. The van der Waals surface area contributed by atoms with Crippen molar-refractivity contribution in [1.29, 1.82) is 0 Å². The Labute approximate surface area is 118 Å². The first-order chi connectivity index (χ1) is 9.61. The van der Waals surface area contributed by atoms with Crippen molar-refractivity contribution in [2.75, 3.05) is 6.54 Å². The van der Waals surface area contributed by atoms with E-state index in [-0.39, 0.29) is 11.5 Å². The smallest absolute Gasteiger partial charge is 0.195 e. The zero-order valence-corrected chi connectivity index (χ0v) is 11.4. The summed E-state index contributed by atoms with van der Waals surface area (Å²) in [5.74, 6) is -3.64. The summed E-state index contributed by atoms with van der Waals surface area (Å²) in [6.07, 6.45) is 2.87. The fraction of sp³-hybridized carbons (Fsp3) is 0.357. The van der Waals surface area contributed by atoms with Gasteiger partial charge in [0.1, 0.15) is 5.01 Å². The maximum Gasteiger partial charge on any atom is 0.195 e. The number of rotatable bonds is 2. The second-order valence-corrected chi connectivity index (χ2v) is 5.96. The molecule has 0 amide bonds. The quantitative estimate of drug-likeness (QED) is 0.860. The Balaban J connectivity index is 2.08. The van der Waals surface area contributed by atoms with Crippen LogP contribution in [-0.4, -0.2) is 11.5 Å². The molecule has 1 atom stereocenters. The number of nitrogens with two attached hydrogens (primary N) is 1. The third-order valence-electron chi connectivity index (χ3n) is 3.62. The van der Waals surface area contributed by atoms with Crippen LogP contribution in [0.4, 0.5) is 13.2 Å². The van der Waals surface area contributed by atoms with E-state index in [1.807, 2.05) is 0 Å². The Kier molecular flexibility index (Phi) is 3.52. The number of nitrogens with zero attached hydrogens (tertiary/aromatic N) is 1. The highest BCUT2D eigenvalue weighted by molar-refractivity contribution is 7.15. The second kappa shape index (κ2) is 5.18.